The van der Waals surface area contributed by atoms with Gasteiger partial charge in [0, 0.05) is 12.3 Å². The zero-order valence-corrected chi connectivity index (χ0v) is 13.0. The van der Waals surface area contributed by atoms with Crippen molar-refractivity contribution in [2.75, 3.05) is 0 Å². The highest BCUT2D eigenvalue weighted by Crippen LogP contribution is 2.36. The standard InChI is InChI=1S/C18H28O3/c1-13(15-5-3-2-4-6-15)18(21)16-10-7-14(8-11-16)9-12-17(19)20/h14-16H,1-12H2,(H,19,20). The number of carbonyl (C=O) groups is 2. The number of carboxylic acids is 1. The number of carbonyl (C=O) groups excluding carboxylic acids is 1. The number of ketones is 1. The molecule has 0 bridgehead atoms. The lowest BCUT2D eigenvalue weighted by molar-refractivity contribution is -0.137. The van der Waals surface area contributed by atoms with Gasteiger partial charge >= 0.3 is 5.97 Å². The Morgan fingerprint density at radius 1 is 0.905 bits per heavy atom. The molecule has 0 aromatic rings. The second kappa shape index (κ2) is 7.77. The van der Waals surface area contributed by atoms with Crippen molar-refractivity contribution in [3.8, 4) is 0 Å². The molecule has 2 fully saturated rings. The zero-order chi connectivity index (χ0) is 15.2. The molecule has 0 aromatic heterocycles. The molecule has 2 rings (SSSR count). The van der Waals surface area contributed by atoms with Crippen molar-refractivity contribution < 1.29 is 14.7 Å². The van der Waals surface area contributed by atoms with E-state index < -0.39 is 5.97 Å². The van der Waals surface area contributed by atoms with Gasteiger partial charge in [-0.25, -0.2) is 0 Å². The van der Waals surface area contributed by atoms with Crippen molar-refractivity contribution in [3.05, 3.63) is 12.2 Å². The first kappa shape index (κ1) is 16.3. The van der Waals surface area contributed by atoms with Crippen molar-refractivity contribution in [3.63, 3.8) is 0 Å². The molecule has 0 aliphatic heterocycles. The van der Waals surface area contributed by atoms with E-state index >= 15 is 0 Å². The number of aliphatic carboxylic acids is 1. The summed E-state index contributed by atoms with van der Waals surface area (Å²) < 4.78 is 0. The van der Waals surface area contributed by atoms with Gasteiger partial charge in [0.25, 0.3) is 0 Å². The predicted octanol–water partition coefficient (Wildman–Crippen LogP) is 4.36. The Balaban J connectivity index is 1.77. The van der Waals surface area contributed by atoms with Crippen molar-refractivity contribution in [2.24, 2.45) is 17.8 Å². The molecule has 3 heteroatoms. The van der Waals surface area contributed by atoms with E-state index in [-0.39, 0.29) is 12.3 Å². The summed E-state index contributed by atoms with van der Waals surface area (Å²) in [6.45, 7) is 4.10. The average Bonchev–Trinajstić information content (AvgIpc) is 2.53. The monoisotopic (exact) mass is 292 g/mol. The van der Waals surface area contributed by atoms with Gasteiger partial charge in [0.1, 0.15) is 0 Å². The van der Waals surface area contributed by atoms with Crippen LogP contribution in [0.15, 0.2) is 12.2 Å². The van der Waals surface area contributed by atoms with Gasteiger partial charge in [0.05, 0.1) is 0 Å². The summed E-state index contributed by atoms with van der Waals surface area (Å²) in [5, 5.41) is 8.74. The molecule has 0 aromatic carbocycles. The first-order chi connectivity index (χ1) is 10.1. The predicted molar refractivity (Wildman–Crippen MR) is 83.0 cm³/mol. The van der Waals surface area contributed by atoms with Crippen LogP contribution >= 0.6 is 0 Å². The van der Waals surface area contributed by atoms with E-state index in [2.05, 4.69) is 6.58 Å². The maximum Gasteiger partial charge on any atom is 0.303 e. The molecule has 0 heterocycles. The van der Waals surface area contributed by atoms with Crippen LogP contribution in [-0.2, 0) is 9.59 Å². The van der Waals surface area contributed by atoms with E-state index in [1.807, 2.05) is 0 Å². The topological polar surface area (TPSA) is 54.4 Å². The van der Waals surface area contributed by atoms with Crippen molar-refractivity contribution in [1.29, 1.82) is 0 Å². The number of rotatable bonds is 6. The van der Waals surface area contributed by atoms with Gasteiger partial charge in [0.15, 0.2) is 5.78 Å². The lowest BCUT2D eigenvalue weighted by Crippen LogP contribution is -2.26. The number of carboxylic acid groups (broad SMARTS) is 1. The van der Waals surface area contributed by atoms with Crippen molar-refractivity contribution in [1.82, 2.24) is 0 Å². The van der Waals surface area contributed by atoms with Gasteiger partial charge in [-0.05, 0) is 62.4 Å². The molecular formula is C18H28O3. The number of hydrogen-bond donors (Lipinski definition) is 1. The molecule has 0 saturated heterocycles. The van der Waals surface area contributed by atoms with Crippen LogP contribution in [0, 0.1) is 17.8 Å². The van der Waals surface area contributed by atoms with E-state index in [9.17, 15) is 9.59 Å². The molecular weight excluding hydrogens is 264 g/mol. The summed E-state index contributed by atoms with van der Waals surface area (Å²) >= 11 is 0. The van der Waals surface area contributed by atoms with Crippen LogP contribution in [0.25, 0.3) is 0 Å². The second-order valence-electron chi connectivity index (χ2n) is 6.87. The first-order valence-electron chi connectivity index (χ1n) is 8.52. The molecule has 0 unspecified atom stereocenters. The maximum atomic E-state index is 12.6. The SMILES string of the molecule is C=C(C(=O)C1CCC(CCC(=O)O)CC1)C1CCCCC1. The fraction of sp³-hybridized carbons (Fsp3) is 0.778. The summed E-state index contributed by atoms with van der Waals surface area (Å²) in [5.74, 6) is 0.669. The molecule has 118 valence electrons. The van der Waals surface area contributed by atoms with Gasteiger partial charge < -0.3 is 5.11 Å². The molecule has 0 radical (unpaired) electrons. The molecule has 2 aliphatic rings. The Bertz CT molecular complexity index is 385. The maximum absolute atomic E-state index is 12.6. The van der Waals surface area contributed by atoms with Gasteiger partial charge in [-0.3, -0.25) is 9.59 Å². The fourth-order valence-corrected chi connectivity index (χ4v) is 3.96. The molecule has 0 spiro atoms. The van der Waals surface area contributed by atoms with Gasteiger partial charge in [-0.15, -0.1) is 0 Å². The summed E-state index contributed by atoms with van der Waals surface area (Å²) in [7, 11) is 0. The quantitative estimate of drug-likeness (QED) is 0.740. The highest BCUT2D eigenvalue weighted by atomic mass is 16.4. The minimum absolute atomic E-state index is 0.153. The number of allylic oxidation sites excluding steroid dienone is 1. The van der Waals surface area contributed by atoms with Crippen LogP contribution in [0.3, 0.4) is 0 Å². The van der Waals surface area contributed by atoms with Gasteiger partial charge in [-0.2, -0.15) is 0 Å². The summed E-state index contributed by atoms with van der Waals surface area (Å²) in [5.41, 5.74) is 0.878. The average molecular weight is 292 g/mol. The summed E-state index contributed by atoms with van der Waals surface area (Å²) in [6.07, 6.45) is 10.9. The third kappa shape index (κ3) is 4.69. The Morgan fingerprint density at radius 2 is 1.52 bits per heavy atom. The van der Waals surface area contributed by atoms with Gasteiger partial charge in [0.2, 0.25) is 0 Å². The van der Waals surface area contributed by atoms with Crippen LogP contribution in [0.5, 0.6) is 0 Å². The van der Waals surface area contributed by atoms with E-state index in [4.69, 9.17) is 5.11 Å². The van der Waals surface area contributed by atoms with Crippen LogP contribution in [0.1, 0.15) is 70.6 Å². The number of Topliss-reactive ketones (excluding diaryl/α,β-unsaturated/α-hetero) is 1. The summed E-state index contributed by atoms with van der Waals surface area (Å²) in [6, 6.07) is 0. The van der Waals surface area contributed by atoms with Crippen LogP contribution in [-0.4, -0.2) is 16.9 Å². The molecule has 2 aliphatic carbocycles. The first-order valence-corrected chi connectivity index (χ1v) is 8.52. The third-order valence-electron chi connectivity index (χ3n) is 5.40. The Labute approximate surface area is 127 Å². The van der Waals surface area contributed by atoms with Crippen LogP contribution in [0.4, 0.5) is 0 Å². The molecule has 0 atom stereocenters. The second-order valence-corrected chi connectivity index (χ2v) is 6.87. The van der Waals surface area contributed by atoms with E-state index in [0.717, 1.165) is 50.5 Å². The molecule has 21 heavy (non-hydrogen) atoms. The largest absolute Gasteiger partial charge is 0.481 e. The van der Waals surface area contributed by atoms with Gasteiger partial charge in [-0.1, -0.05) is 25.8 Å². The third-order valence-corrected chi connectivity index (χ3v) is 5.40. The van der Waals surface area contributed by atoms with E-state index in [0.29, 0.717) is 17.6 Å². The minimum Gasteiger partial charge on any atom is -0.481 e. The highest BCUT2D eigenvalue weighted by Gasteiger charge is 2.30. The van der Waals surface area contributed by atoms with Crippen LogP contribution in [0.2, 0.25) is 0 Å². The van der Waals surface area contributed by atoms with E-state index in [1.165, 1.54) is 19.3 Å². The summed E-state index contributed by atoms with van der Waals surface area (Å²) in [4.78, 5) is 23.2. The smallest absolute Gasteiger partial charge is 0.303 e. The lowest BCUT2D eigenvalue weighted by atomic mass is 9.74. The zero-order valence-electron chi connectivity index (χ0n) is 13.0. The van der Waals surface area contributed by atoms with Crippen molar-refractivity contribution >= 4 is 11.8 Å². The Morgan fingerprint density at radius 3 is 2.10 bits per heavy atom. The Kier molecular flexibility index (Phi) is 6.01. The fourth-order valence-electron chi connectivity index (χ4n) is 3.96. The molecule has 2 saturated carbocycles. The highest BCUT2D eigenvalue weighted by molar-refractivity contribution is 5.97. The Hall–Kier alpha value is -1.12. The normalized spacial score (nSPS) is 27.2. The van der Waals surface area contributed by atoms with Crippen molar-refractivity contribution in [2.45, 2.75) is 70.6 Å². The minimum atomic E-state index is -0.709. The molecule has 0 amide bonds. The lowest BCUT2D eigenvalue weighted by Gasteiger charge is -2.30. The van der Waals surface area contributed by atoms with E-state index in [1.54, 1.807) is 0 Å². The molecule has 3 nitrogen and oxygen atoms in total. The molecule has 1 N–H and O–H groups in total. The number of hydrogen-bond acceptors (Lipinski definition) is 2. The van der Waals surface area contributed by atoms with Crippen LogP contribution < -0.4 is 0 Å².